The van der Waals surface area contributed by atoms with Crippen LogP contribution in [0.5, 0.6) is 0 Å². The van der Waals surface area contributed by atoms with Gasteiger partial charge in [-0.15, -0.1) is 0 Å². The molecule has 91 valence electrons. The molecule has 5 heteroatoms. The highest BCUT2D eigenvalue weighted by molar-refractivity contribution is 5.71. The third kappa shape index (κ3) is 6.22. The average Bonchev–Trinajstić information content (AvgIpc) is 2.31. The van der Waals surface area contributed by atoms with Crippen LogP contribution in [0, 0.1) is 5.92 Å². The second kappa shape index (κ2) is 8.95. The number of rotatable bonds is 3. The van der Waals surface area contributed by atoms with E-state index in [9.17, 15) is 14.7 Å². The molecule has 1 unspecified atom stereocenters. The number of carboxylic acid groups (broad SMARTS) is 1. The minimum Gasteiger partial charge on any atom is -0.481 e. The first-order valence-corrected chi connectivity index (χ1v) is 5.44. The van der Waals surface area contributed by atoms with Gasteiger partial charge in [-0.1, -0.05) is 13.3 Å². The Morgan fingerprint density at radius 3 is 2.69 bits per heavy atom. The van der Waals surface area contributed by atoms with Crippen molar-refractivity contribution in [3.8, 4) is 0 Å². The van der Waals surface area contributed by atoms with E-state index in [2.05, 4.69) is 5.32 Å². The van der Waals surface area contributed by atoms with Crippen LogP contribution in [0.25, 0.3) is 0 Å². The molecule has 0 aliphatic carbocycles. The predicted octanol–water partition coefficient (Wildman–Crippen LogP) is 1.00. The van der Waals surface area contributed by atoms with Crippen LogP contribution in [-0.2, 0) is 14.7 Å². The lowest BCUT2D eigenvalue weighted by atomic mass is 9.96. The molecule has 5 nitrogen and oxygen atoms in total. The maximum Gasteiger partial charge on any atom is 0.306 e. The molecule has 0 bridgehead atoms. The van der Waals surface area contributed by atoms with Crippen LogP contribution in [0.1, 0.15) is 32.6 Å². The first-order valence-electron chi connectivity index (χ1n) is 5.44. The zero-order chi connectivity index (χ0) is 12.4. The van der Waals surface area contributed by atoms with Crippen molar-refractivity contribution in [2.45, 2.75) is 32.6 Å². The molecule has 1 aliphatic rings. The summed E-state index contributed by atoms with van der Waals surface area (Å²) in [5.41, 5.74) is 0.378. The molecule has 0 aromatic carbocycles. The molecular weight excluding hydrogens is 210 g/mol. The Bertz CT molecular complexity index is 257. The third-order valence-electron chi connectivity index (χ3n) is 2.25. The van der Waals surface area contributed by atoms with Crippen LogP contribution < -0.4 is 5.32 Å². The fourth-order valence-electron chi connectivity index (χ4n) is 1.25. The van der Waals surface area contributed by atoms with E-state index in [0.29, 0.717) is 25.1 Å². The van der Waals surface area contributed by atoms with E-state index in [0.717, 1.165) is 12.8 Å². The molecule has 1 saturated heterocycles. The van der Waals surface area contributed by atoms with Crippen molar-refractivity contribution in [1.82, 2.24) is 5.32 Å². The number of allylic oxidation sites excluding steroid dienone is 1. The summed E-state index contributed by atoms with van der Waals surface area (Å²) in [7, 11) is 0. The summed E-state index contributed by atoms with van der Waals surface area (Å²) in [6.45, 7) is 2.66. The lowest BCUT2D eigenvalue weighted by Crippen LogP contribution is -2.30. The van der Waals surface area contributed by atoms with E-state index >= 15 is 0 Å². The zero-order valence-electron chi connectivity index (χ0n) is 9.49. The molecule has 2 N–H and O–H groups in total. The Balaban J connectivity index is 0.000000385. The lowest BCUT2D eigenvalue weighted by molar-refractivity contribution is -0.142. The molecule has 1 radical (unpaired) electrons. The van der Waals surface area contributed by atoms with Crippen LogP contribution >= 0.6 is 0 Å². The summed E-state index contributed by atoms with van der Waals surface area (Å²) in [4.78, 5) is 20.6. The Morgan fingerprint density at radius 1 is 1.62 bits per heavy atom. The highest BCUT2D eigenvalue weighted by Crippen LogP contribution is 2.16. The number of carbonyl (C=O) groups is 1. The van der Waals surface area contributed by atoms with Gasteiger partial charge in [-0.3, -0.25) is 4.79 Å². The van der Waals surface area contributed by atoms with Crippen LogP contribution in [0.3, 0.4) is 0 Å². The second-order valence-corrected chi connectivity index (χ2v) is 3.59. The van der Waals surface area contributed by atoms with Crippen LogP contribution in [0.4, 0.5) is 0 Å². The van der Waals surface area contributed by atoms with Crippen molar-refractivity contribution in [2.24, 2.45) is 5.92 Å². The number of carbonyl (C=O) groups excluding carboxylic acids is 1. The van der Waals surface area contributed by atoms with Gasteiger partial charge in [-0.25, -0.2) is 9.90 Å². The van der Waals surface area contributed by atoms with Crippen molar-refractivity contribution in [3.63, 3.8) is 0 Å². The number of hydrogen-bond acceptors (Lipinski definition) is 3. The minimum atomic E-state index is -0.834. The van der Waals surface area contributed by atoms with Gasteiger partial charge in [0.05, 0.1) is 18.2 Å². The standard InChI is InChI=1S/C7H9NO3.C4H9O/c9-4-6-3-5(7(10)11)1-2-8-6;1-2-3-4-5/h5,8H,1-3H2,(H,10,11);2-4H2,1H3. The Kier molecular flexibility index (Phi) is 8.21. The first-order chi connectivity index (χ1) is 7.65. The molecule has 0 aromatic rings. The highest BCUT2D eigenvalue weighted by Gasteiger charge is 2.23. The molecular formula is C11H18NO4. The van der Waals surface area contributed by atoms with Gasteiger partial charge in [-0.2, -0.15) is 0 Å². The lowest BCUT2D eigenvalue weighted by Gasteiger charge is -2.19. The topological polar surface area (TPSA) is 86.3 Å². The molecule has 16 heavy (non-hydrogen) atoms. The van der Waals surface area contributed by atoms with E-state index < -0.39 is 11.9 Å². The molecule has 1 aliphatic heterocycles. The summed E-state index contributed by atoms with van der Waals surface area (Å²) < 4.78 is 0. The van der Waals surface area contributed by atoms with E-state index in [4.69, 9.17) is 5.11 Å². The number of nitrogens with one attached hydrogen (secondary N) is 1. The van der Waals surface area contributed by atoms with Crippen molar-refractivity contribution in [1.29, 1.82) is 0 Å². The maximum absolute atomic E-state index is 10.4. The zero-order valence-corrected chi connectivity index (χ0v) is 9.49. The van der Waals surface area contributed by atoms with E-state index in [1.54, 1.807) is 5.94 Å². The van der Waals surface area contributed by atoms with Crippen LogP contribution in [0.15, 0.2) is 5.70 Å². The summed E-state index contributed by atoms with van der Waals surface area (Å²) in [5.74, 6) is 0.437. The quantitative estimate of drug-likeness (QED) is 0.705. The fourth-order valence-corrected chi connectivity index (χ4v) is 1.25. The average molecular weight is 228 g/mol. The molecule has 1 atom stereocenters. The number of piperidine rings is 1. The Labute approximate surface area is 95.2 Å². The first kappa shape index (κ1) is 14.7. The maximum atomic E-state index is 10.4. The monoisotopic (exact) mass is 228 g/mol. The normalized spacial score (nSPS) is 18.9. The summed E-state index contributed by atoms with van der Waals surface area (Å²) >= 11 is 0. The minimum absolute atomic E-state index is 0.0938. The fraction of sp³-hybridized carbons (Fsp3) is 0.727. The molecule has 1 heterocycles. The van der Waals surface area contributed by atoms with Crippen LogP contribution in [-0.4, -0.2) is 30.2 Å². The Morgan fingerprint density at radius 2 is 2.31 bits per heavy atom. The van der Waals surface area contributed by atoms with Gasteiger partial charge in [0.25, 0.3) is 0 Å². The molecule has 0 amide bonds. The summed E-state index contributed by atoms with van der Waals surface area (Å²) in [5, 5.41) is 20.9. The van der Waals surface area contributed by atoms with Crippen LogP contribution in [0.2, 0.25) is 0 Å². The molecule has 1 fully saturated rings. The number of hydrogen-bond donors (Lipinski definition) is 2. The molecule has 1 rings (SSSR count). The Hall–Kier alpha value is -1.32. The molecule has 0 saturated carbocycles. The van der Waals surface area contributed by atoms with Crippen molar-refractivity contribution in [3.05, 3.63) is 5.70 Å². The number of unbranched alkanes of at least 4 members (excludes halogenated alkanes) is 1. The van der Waals surface area contributed by atoms with Crippen molar-refractivity contribution in [2.75, 3.05) is 13.2 Å². The smallest absolute Gasteiger partial charge is 0.306 e. The molecule has 0 aromatic heterocycles. The van der Waals surface area contributed by atoms with Gasteiger partial charge in [0.1, 0.15) is 5.94 Å². The second-order valence-electron chi connectivity index (χ2n) is 3.59. The van der Waals surface area contributed by atoms with Crippen molar-refractivity contribution >= 4 is 11.9 Å². The summed E-state index contributed by atoms with van der Waals surface area (Å²) in [6, 6.07) is 0. The SMILES string of the molecule is CCCC[O].O=C=C1CC(C(=O)O)CCN1. The van der Waals surface area contributed by atoms with Crippen molar-refractivity contribution < 1.29 is 19.8 Å². The van der Waals surface area contributed by atoms with Gasteiger partial charge in [0.15, 0.2) is 0 Å². The molecule has 0 spiro atoms. The van der Waals surface area contributed by atoms with E-state index in [-0.39, 0.29) is 6.61 Å². The number of carboxylic acids is 1. The largest absolute Gasteiger partial charge is 0.481 e. The van der Waals surface area contributed by atoms with E-state index in [1.165, 1.54) is 0 Å². The van der Waals surface area contributed by atoms with Gasteiger partial charge < -0.3 is 10.4 Å². The number of aliphatic carboxylic acids is 1. The predicted molar refractivity (Wildman–Crippen MR) is 58.0 cm³/mol. The van der Waals surface area contributed by atoms with Gasteiger partial charge >= 0.3 is 5.97 Å². The van der Waals surface area contributed by atoms with Gasteiger partial charge in [0.2, 0.25) is 0 Å². The van der Waals surface area contributed by atoms with Gasteiger partial charge in [-0.05, 0) is 12.8 Å². The van der Waals surface area contributed by atoms with E-state index in [1.807, 2.05) is 6.92 Å². The third-order valence-corrected chi connectivity index (χ3v) is 2.25. The summed E-state index contributed by atoms with van der Waals surface area (Å²) in [6.07, 6.45) is 2.74. The highest BCUT2D eigenvalue weighted by atomic mass is 16.4. The van der Waals surface area contributed by atoms with Gasteiger partial charge in [0, 0.05) is 13.0 Å².